The molecule has 1 aliphatic rings. The minimum absolute atomic E-state index is 0.157. The van der Waals surface area contributed by atoms with Gasteiger partial charge in [0.15, 0.2) is 0 Å². The molecule has 0 spiro atoms. The number of benzene rings is 1. The van der Waals surface area contributed by atoms with Crippen molar-refractivity contribution < 1.29 is 4.79 Å². The average Bonchev–Trinajstić information content (AvgIpc) is 2.61. The zero-order chi connectivity index (χ0) is 14.2. The largest absolute Gasteiger partial charge is 0.328 e. The van der Waals surface area contributed by atoms with Gasteiger partial charge in [-0.3, -0.25) is 4.79 Å². The maximum absolute atomic E-state index is 11.7. The molecule has 1 amide bonds. The summed E-state index contributed by atoms with van der Waals surface area (Å²) in [6.45, 7) is 2.03. The van der Waals surface area contributed by atoms with Crippen molar-refractivity contribution in [1.29, 1.82) is 0 Å². The van der Waals surface area contributed by atoms with Crippen LogP contribution in [0.15, 0.2) is 18.2 Å². The van der Waals surface area contributed by atoms with E-state index in [4.69, 9.17) is 5.73 Å². The second-order valence-electron chi connectivity index (χ2n) is 5.71. The summed E-state index contributed by atoms with van der Waals surface area (Å²) in [5, 5.41) is 0. The number of carbonyl (C=O) groups excluding carboxylic acids is 1. The summed E-state index contributed by atoms with van der Waals surface area (Å²) in [7, 11) is 5.97. The van der Waals surface area contributed by atoms with Crippen molar-refractivity contribution in [2.24, 2.45) is 5.73 Å². The summed E-state index contributed by atoms with van der Waals surface area (Å²) >= 11 is 0. The number of anilines is 1. The molecule has 1 aromatic carbocycles. The Morgan fingerprint density at radius 1 is 1.42 bits per heavy atom. The van der Waals surface area contributed by atoms with Crippen LogP contribution in [-0.2, 0) is 11.2 Å². The summed E-state index contributed by atoms with van der Waals surface area (Å²) in [6, 6.07) is 6.77. The van der Waals surface area contributed by atoms with E-state index in [1.54, 1.807) is 4.90 Å². The number of nitrogens with zero attached hydrogens (tertiary/aromatic N) is 2. The molecule has 2 N–H and O–H groups in total. The van der Waals surface area contributed by atoms with E-state index in [2.05, 4.69) is 31.1 Å². The molecule has 4 heteroatoms. The molecule has 2 unspecified atom stereocenters. The minimum atomic E-state index is 0.157. The molecule has 1 aliphatic heterocycles. The van der Waals surface area contributed by atoms with E-state index in [0.29, 0.717) is 12.5 Å². The van der Waals surface area contributed by atoms with Gasteiger partial charge in [-0.15, -0.1) is 0 Å². The van der Waals surface area contributed by atoms with E-state index in [0.717, 1.165) is 17.7 Å². The highest BCUT2D eigenvalue weighted by molar-refractivity contribution is 6.00. The average molecular weight is 261 g/mol. The van der Waals surface area contributed by atoms with Gasteiger partial charge >= 0.3 is 0 Å². The van der Waals surface area contributed by atoms with Crippen LogP contribution in [0.25, 0.3) is 0 Å². The lowest BCUT2D eigenvalue weighted by molar-refractivity contribution is -0.117. The van der Waals surface area contributed by atoms with E-state index in [-0.39, 0.29) is 11.9 Å². The number of likely N-dealkylation sites (N-methyl/N-ethyl adjacent to an activating group) is 1. The van der Waals surface area contributed by atoms with Crippen molar-refractivity contribution in [3.63, 3.8) is 0 Å². The Kier molecular flexibility index (Phi) is 3.92. The van der Waals surface area contributed by atoms with Crippen LogP contribution in [0.3, 0.4) is 0 Å². The van der Waals surface area contributed by atoms with Gasteiger partial charge in [0.25, 0.3) is 0 Å². The van der Waals surface area contributed by atoms with Gasteiger partial charge in [0.05, 0.1) is 6.42 Å². The molecule has 0 radical (unpaired) electrons. The third-order valence-electron chi connectivity index (χ3n) is 3.78. The molecule has 2 rings (SSSR count). The van der Waals surface area contributed by atoms with Gasteiger partial charge in [0.2, 0.25) is 5.91 Å². The smallest absolute Gasteiger partial charge is 0.231 e. The summed E-state index contributed by atoms with van der Waals surface area (Å²) in [5.74, 6) is 0.167. The van der Waals surface area contributed by atoms with Gasteiger partial charge in [0, 0.05) is 24.8 Å². The highest BCUT2D eigenvalue weighted by Gasteiger charge is 2.25. The first-order valence-corrected chi connectivity index (χ1v) is 6.71. The van der Waals surface area contributed by atoms with Crippen molar-refractivity contribution in [1.82, 2.24) is 4.90 Å². The van der Waals surface area contributed by atoms with Crippen molar-refractivity contribution in [3.8, 4) is 0 Å². The Bertz CT molecular complexity index is 482. The maximum Gasteiger partial charge on any atom is 0.231 e. The second-order valence-corrected chi connectivity index (χ2v) is 5.71. The number of rotatable bonds is 4. The van der Waals surface area contributed by atoms with Crippen molar-refractivity contribution in [3.05, 3.63) is 29.3 Å². The zero-order valence-corrected chi connectivity index (χ0v) is 12.2. The molecular weight excluding hydrogens is 238 g/mol. The Balaban J connectivity index is 2.31. The second kappa shape index (κ2) is 5.31. The van der Waals surface area contributed by atoms with Gasteiger partial charge in [0.1, 0.15) is 0 Å². The normalized spacial score (nSPS) is 17.8. The fourth-order valence-electron chi connectivity index (χ4n) is 2.69. The predicted molar refractivity (Wildman–Crippen MR) is 78.3 cm³/mol. The minimum Gasteiger partial charge on any atom is -0.328 e. The Labute approximate surface area is 115 Å². The lowest BCUT2D eigenvalue weighted by Gasteiger charge is -2.27. The van der Waals surface area contributed by atoms with Crippen molar-refractivity contribution in [2.45, 2.75) is 31.8 Å². The fraction of sp³-hybridized carbons (Fsp3) is 0.533. The number of hydrogen-bond acceptors (Lipinski definition) is 3. The lowest BCUT2D eigenvalue weighted by Crippen LogP contribution is -2.27. The molecule has 4 nitrogen and oxygen atoms in total. The Morgan fingerprint density at radius 2 is 2.11 bits per heavy atom. The molecule has 0 saturated heterocycles. The molecule has 0 bridgehead atoms. The molecular formula is C15H23N3O. The summed E-state index contributed by atoms with van der Waals surface area (Å²) < 4.78 is 0. The lowest BCUT2D eigenvalue weighted by atomic mass is 9.97. The zero-order valence-electron chi connectivity index (χ0n) is 12.2. The van der Waals surface area contributed by atoms with E-state index in [9.17, 15) is 4.79 Å². The number of hydrogen-bond donors (Lipinski definition) is 1. The highest BCUT2D eigenvalue weighted by atomic mass is 16.2. The molecule has 0 aromatic heterocycles. The molecule has 104 valence electrons. The molecule has 0 aliphatic carbocycles. The SMILES string of the molecule is CC(N)CC(c1ccc2c(c1)CC(=O)N2C)N(C)C. The topological polar surface area (TPSA) is 49.6 Å². The van der Waals surface area contributed by atoms with Gasteiger partial charge in [-0.2, -0.15) is 0 Å². The van der Waals surface area contributed by atoms with Gasteiger partial charge in [-0.25, -0.2) is 0 Å². The number of carbonyl (C=O) groups is 1. The third kappa shape index (κ3) is 2.80. The number of nitrogens with two attached hydrogens (primary N) is 1. The Morgan fingerprint density at radius 3 is 2.68 bits per heavy atom. The van der Waals surface area contributed by atoms with Crippen LogP contribution < -0.4 is 10.6 Å². The number of amides is 1. The first kappa shape index (κ1) is 14.0. The van der Waals surface area contributed by atoms with Crippen LogP contribution in [0, 0.1) is 0 Å². The Hall–Kier alpha value is -1.39. The van der Waals surface area contributed by atoms with Crippen LogP contribution in [0.1, 0.15) is 30.5 Å². The summed E-state index contributed by atoms with van der Waals surface area (Å²) in [4.78, 5) is 15.6. The maximum atomic E-state index is 11.7. The van der Waals surface area contributed by atoms with Crippen LogP contribution in [-0.4, -0.2) is 38.0 Å². The molecule has 1 aromatic rings. The molecule has 1 heterocycles. The van der Waals surface area contributed by atoms with Crippen LogP contribution in [0.5, 0.6) is 0 Å². The molecule has 19 heavy (non-hydrogen) atoms. The van der Waals surface area contributed by atoms with Gasteiger partial charge < -0.3 is 15.5 Å². The van der Waals surface area contributed by atoms with Crippen molar-refractivity contribution >= 4 is 11.6 Å². The molecule has 2 atom stereocenters. The monoisotopic (exact) mass is 261 g/mol. The van der Waals surface area contributed by atoms with E-state index in [1.165, 1.54) is 5.56 Å². The van der Waals surface area contributed by atoms with Crippen LogP contribution in [0.2, 0.25) is 0 Å². The number of fused-ring (bicyclic) bond motifs is 1. The van der Waals surface area contributed by atoms with E-state index < -0.39 is 0 Å². The third-order valence-corrected chi connectivity index (χ3v) is 3.78. The predicted octanol–water partition coefficient (Wildman–Crippen LogP) is 1.55. The first-order chi connectivity index (χ1) is 8.90. The highest BCUT2D eigenvalue weighted by Crippen LogP contribution is 2.32. The summed E-state index contributed by atoms with van der Waals surface area (Å²) in [6.07, 6.45) is 1.42. The summed E-state index contributed by atoms with van der Waals surface area (Å²) in [5.41, 5.74) is 9.34. The standard InChI is InChI=1S/C15H23N3O/c1-10(16)7-14(17(2)3)11-5-6-13-12(8-11)9-15(19)18(13)4/h5-6,8,10,14H,7,9,16H2,1-4H3. The van der Waals surface area contributed by atoms with E-state index in [1.807, 2.05) is 20.0 Å². The van der Waals surface area contributed by atoms with Crippen LogP contribution in [0.4, 0.5) is 5.69 Å². The van der Waals surface area contributed by atoms with Crippen LogP contribution >= 0.6 is 0 Å². The first-order valence-electron chi connectivity index (χ1n) is 6.71. The van der Waals surface area contributed by atoms with Crippen molar-refractivity contribution in [2.75, 3.05) is 26.0 Å². The van der Waals surface area contributed by atoms with Gasteiger partial charge in [-0.1, -0.05) is 12.1 Å². The fourth-order valence-corrected chi connectivity index (χ4v) is 2.69. The van der Waals surface area contributed by atoms with Gasteiger partial charge in [-0.05, 0) is 44.6 Å². The molecule has 0 fully saturated rings. The molecule has 0 saturated carbocycles. The van der Waals surface area contributed by atoms with E-state index >= 15 is 0 Å². The quantitative estimate of drug-likeness (QED) is 0.894.